The molecule has 3 N–H and O–H groups in total. The first-order valence-corrected chi connectivity index (χ1v) is 8.76. The number of nitrogens with one attached hydrogen (secondary N) is 2. The second kappa shape index (κ2) is 7.66. The number of aliphatic hydroxyl groups excluding tert-OH is 1. The zero-order chi connectivity index (χ0) is 18.6. The summed E-state index contributed by atoms with van der Waals surface area (Å²) in [5.74, 6) is 0.990. The predicted molar refractivity (Wildman–Crippen MR) is 96.3 cm³/mol. The van der Waals surface area contributed by atoms with Gasteiger partial charge in [0.15, 0.2) is 0 Å². The Labute approximate surface area is 152 Å². The van der Waals surface area contributed by atoms with E-state index in [0.29, 0.717) is 30.4 Å². The molecule has 138 valence electrons. The van der Waals surface area contributed by atoms with E-state index in [4.69, 9.17) is 0 Å². The van der Waals surface area contributed by atoms with Crippen molar-refractivity contribution in [2.24, 2.45) is 5.41 Å². The summed E-state index contributed by atoms with van der Waals surface area (Å²) >= 11 is 0. The van der Waals surface area contributed by atoms with Gasteiger partial charge in [0, 0.05) is 12.6 Å². The Bertz CT molecular complexity index is 768. The summed E-state index contributed by atoms with van der Waals surface area (Å²) in [5.41, 5.74) is 0.255. The van der Waals surface area contributed by atoms with Crippen molar-refractivity contribution in [3.05, 3.63) is 24.4 Å². The maximum atomic E-state index is 10.1. The first-order valence-electron chi connectivity index (χ1n) is 8.76. The molecule has 1 aliphatic carbocycles. The molecule has 0 bridgehead atoms. The minimum Gasteiger partial charge on any atom is -0.393 e. The van der Waals surface area contributed by atoms with Crippen LogP contribution in [-0.2, 0) is 6.54 Å². The number of nitriles is 1. The minimum atomic E-state index is -0.296. The fraction of sp³-hybridized carbons (Fsp3) is 0.588. The molecule has 9 heteroatoms. The van der Waals surface area contributed by atoms with Crippen molar-refractivity contribution in [1.29, 1.82) is 5.26 Å². The van der Waals surface area contributed by atoms with Gasteiger partial charge in [0.2, 0.25) is 5.95 Å². The third-order valence-corrected chi connectivity index (χ3v) is 4.80. The molecule has 2 atom stereocenters. The molecule has 1 saturated carbocycles. The van der Waals surface area contributed by atoms with Crippen molar-refractivity contribution in [3.63, 3.8) is 0 Å². The number of hydrogen-bond donors (Lipinski definition) is 3. The standard InChI is InChI=1S/C17H24N8O/c1-17(2)7-13(3-4-14(17)26)23-15-12(8-18)9-21-16(24-15)20-5-6-25-11-19-10-22-25/h9-11,13-14,26H,3-7H2,1-2H3,(H2,20,21,23,24)/t13-,14+/m1/s1. The van der Waals surface area contributed by atoms with Crippen molar-refractivity contribution in [2.75, 3.05) is 17.2 Å². The van der Waals surface area contributed by atoms with E-state index in [1.807, 2.05) is 0 Å². The summed E-state index contributed by atoms with van der Waals surface area (Å²) in [6.45, 7) is 5.36. The Morgan fingerprint density at radius 1 is 1.42 bits per heavy atom. The Morgan fingerprint density at radius 3 is 2.96 bits per heavy atom. The highest BCUT2D eigenvalue weighted by atomic mass is 16.3. The van der Waals surface area contributed by atoms with Crippen molar-refractivity contribution < 1.29 is 5.11 Å². The van der Waals surface area contributed by atoms with Crippen molar-refractivity contribution >= 4 is 11.8 Å². The Morgan fingerprint density at radius 2 is 2.27 bits per heavy atom. The van der Waals surface area contributed by atoms with E-state index in [1.54, 1.807) is 11.0 Å². The summed E-state index contributed by atoms with van der Waals surface area (Å²) in [5, 5.41) is 30.0. The van der Waals surface area contributed by atoms with Gasteiger partial charge in [-0.1, -0.05) is 13.8 Å². The summed E-state index contributed by atoms with van der Waals surface area (Å²) in [6.07, 6.45) is 6.76. The summed E-state index contributed by atoms with van der Waals surface area (Å²) in [4.78, 5) is 12.5. The molecule has 3 rings (SSSR count). The van der Waals surface area contributed by atoms with Gasteiger partial charge in [-0.3, -0.25) is 4.68 Å². The van der Waals surface area contributed by atoms with Crippen LogP contribution in [0.2, 0.25) is 0 Å². The van der Waals surface area contributed by atoms with E-state index < -0.39 is 0 Å². The van der Waals surface area contributed by atoms with Crippen LogP contribution in [0.3, 0.4) is 0 Å². The quantitative estimate of drug-likeness (QED) is 0.709. The van der Waals surface area contributed by atoms with Crippen LogP contribution < -0.4 is 10.6 Å². The number of hydrogen-bond acceptors (Lipinski definition) is 8. The lowest BCUT2D eigenvalue weighted by molar-refractivity contribution is 0.00926. The van der Waals surface area contributed by atoms with Gasteiger partial charge in [-0.05, 0) is 24.7 Å². The Balaban J connectivity index is 1.65. The van der Waals surface area contributed by atoms with E-state index in [0.717, 1.165) is 19.3 Å². The smallest absolute Gasteiger partial charge is 0.224 e. The molecule has 0 spiro atoms. The van der Waals surface area contributed by atoms with Crippen LogP contribution in [0, 0.1) is 16.7 Å². The van der Waals surface area contributed by atoms with Gasteiger partial charge in [0.05, 0.1) is 18.8 Å². The molecule has 2 aromatic rings. The van der Waals surface area contributed by atoms with Crippen LogP contribution in [0.25, 0.3) is 0 Å². The first kappa shape index (κ1) is 18.1. The van der Waals surface area contributed by atoms with E-state index >= 15 is 0 Å². The number of rotatable bonds is 6. The molecular weight excluding hydrogens is 332 g/mol. The average Bonchev–Trinajstić information content (AvgIpc) is 3.12. The van der Waals surface area contributed by atoms with Gasteiger partial charge in [-0.15, -0.1) is 0 Å². The third kappa shape index (κ3) is 4.26. The molecular formula is C17H24N8O. The highest BCUT2D eigenvalue weighted by Crippen LogP contribution is 2.36. The fourth-order valence-electron chi connectivity index (χ4n) is 3.23. The third-order valence-electron chi connectivity index (χ3n) is 4.80. The summed E-state index contributed by atoms with van der Waals surface area (Å²) in [7, 11) is 0. The lowest BCUT2D eigenvalue weighted by atomic mass is 9.73. The number of nitrogens with zero attached hydrogens (tertiary/aromatic N) is 6. The second-order valence-corrected chi connectivity index (χ2v) is 7.28. The van der Waals surface area contributed by atoms with Gasteiger partial charge in [-0.2, -0.15) is 15.3 Å². The molecule has 0 amide bonds. The normalized spacial score (nSPS) is 21.8. The highest BCUT2D eigenvalue weighted by molar-refractivity contribution is 5.54. The number of anilines is 2. The molecule has 0 aliphatic heterocycles. The zero-order valence-electron chi connectivity index (χ0n) is 15.1. The maximum absolute atomic E-state index is 10.1. The zero-order valence-corrected chi connectivity index (χ0v) is 15.1. The molecule has 2 heterocycles. The Kier molecular flexibility index (Phi) is 5.32. The maximum Gasteiger partial charge on any atom is 0.224 e. The molecule has 26 heavy (non-hydrogen) atoms. The topological polar surface area (TPSA) is 125 Å². The lowest BCUT2D eigenvalue weighted by Crippen LogP contribution is -2.41. The van der Waals surface area contributed by atoms with Gasteiger partial charge in [0.1, 0.15) is 30.1 Å². The van der Waals surface area contributed by atoms with Crippen molar-refractivity contribution in [3.8, 4) is 6.07 Å². The molecule has 1 fully saturated rings. The van der Waals surface area contributed by atoms with Crippen molar-refractivity contribution in [1.82, 2.24) is 24.7 Å². The van der Waals surface area contributed by atoms with Crippen LogP contribution in [0.1, 0.15) is 38.7 Å². The van der Waals surface area contributed by atoms with Gasteiger partial charge in [0.25, 0.3) is 0 Å². The molecule has 0 saturated heterocycles. The predicted octanol–water partition coefficient (Wildman–Crippen LogP) is 1.40. The van der Waals surface area contributed by atoms with Crippen LogP contribution in [-0.4, -0.2) is 48.5 Å². The van der Waals surface area contributed by atoms with Crippen LogP contribution in [0.5, 0.6) is 0 Å². The van der Waals surface area contributed by atoms with Gasteiger partial charge >= 0.3 is 0 Å². The van der Waals surface area contributed by atoms with Crippen LogP contribution >= 0.6 is 0 Å². The minimum absolute atomic E-state index is 0.158. The molecule has 0 radical (unpaired) electrons. The van der Waals surface area contributed by atoms with E-state index in [9.17, 15) is 10.4 Å². The largest absolute Gasteiger partial charge is 0.393 e. The molecule has 9 nitrogen and oxygen atoms in total. The number of aromatic nitrogens is 5. The van der Waals surface area contributed by atoms with E-state index in [2.05, 4.69) is 50.6 Å². The first-order chi connectivity index (χ1) is 12.5. The lowest BCUT2D eigenvalue weighted by Gasteiger charge is -2.40. The fourth-order valence-corrected chi connectivity index (χ4v) is 3.23. The SMILES string of the molecule is CC1(C)C[C@H](Nc2nc(NCCn3cncn3)ncc2C#N)CC[C@@H]1O. The van der Waals surface area contributed by atoms with E-state index in [1.165, 1.54) is 12.5 Å². The molecule has 2 aromatic heterocycles. The molecule has 1 aliphatic rings. The van der Waals surface area contributed by atoms with Crippen LogP contribution in [0.4, 0.5) is 11.8 Å². The van der Waals surface area contributed by atoms with Gasteiger partial charge < -0.3 is 15.7 Å². The monoisotopic (exact) mass is 356 g/mol. The highest BCUT2D eigenvalue weighted by Gasteiger charge is 2.35. The molecule has 0 unspecified atom stereocenters. The number of aliphatic hydroxyl groups is 1. The average molecular weight is 356 g/mol. The van der Waals surface area contributed by atoms with Gasteiger partial charge in [-0.25, -0.2) is 9.97 Å². The van der Waals surface area contributed by atoms with Crippen LogP contribution in [0.15, 0.2) is 18.9 Å². The summed E-state index contributed by atoms with van der Waals surface area (Å²) < 4.78 is 1.71. The second-order valence-electron chi connectivity index (χ2n) is 7.28. The van der Waals surface area contributed by atoms with Crippen molar-refractivity contribution in [2.45, 2.75) is 51.8 Å². The summed E-state index contributed by atoms with van der Waals surface area (Å²) in [6, 6.07) is 2.30. The van der Waals surface area contributed by atoms with E-state index in [-0.39, 0.29) is 17.6 Å². The molecule has 0 aromatic carbocycles. The Hall–Kier alpha value is -2.73.